The minimum atomic E-state index is -1.08. The maximum atomic E-state index is 12.1. The molecule has 0 bridgehead atoms. The Morgan fingerprint density at radius 3 is 2.00 bits per heavy atom. The number of carbonyl (C=O) groups excluding carboxylic acids is 2. The molecule has 0 aliphatic heterocycles. The Morgan fingerprint density at radius 1 is 1.12 bits per heavy atom. The summed E-state index contributed by atoms with van der Waals surface area (Å²) in [5.74, 6) is -0.992. The van der Waals surface area contributed by atoms with Crippen molar-refractivity contribution in [2.45, 2.75) is 58.5 Å². The Kier molecular flexibility index (Phi) is 3.61. The molecular formula is C12H21NO3. The van der Waals surface area contributed by atoms with E-state index in [0.29, 0.717) is 12.8 Å². The summed E-state index contributed by atoms with van der Waals surface area (Å²) in [5, 5.41) is 0. The third-order valence-corrected chi connectivity index (χ3v) is 2.97. The van der Waals surface area contributed by atoms with Crippen molar-refractivity contribution in [1.29, 1.82) is 0 Å². The predicted octanol–water partition coefficient (Wildman–Crippen LogP) is 1.76. The van der Waals surface area contributed by atoms with Gasteiger partial charge in [0.05, 0.1) is 0 Å². The van der Waals surface area contributed by atoms with E-state index in [1.165, 1.54) is 0 Å². The van der Waals surface area contributed by atoms with Crippen LogP contribution in [-0.2, 0) is 14.3 Å². The summed E-state index contributed by atoms with van der Waals surface area (Å²) >= 11 is 0. The highest BCUT2D eigenvalue weighted by molar-refractivity contribution is 6.02. The summed E-state index contributed by atoms with van der Waals surface area (Å²) in [5.41, 5.74) is 3.73. The summed E-state index contributed by atoms with van der Waals surface area (Å²) < 4.78 is 5.30. The fraction of sp³-hybridized carbons (Fsp3) is 0.833. The lowest BCUT2D eigenvalue weighted by Gasteiger charge is -2.34. The Morgan fingerprint density at radius 2 is 1.62 bits per heavy atom. The highest BCUT2D eigenvalue weighted by Gasteiger charge is 2.47. The number of esters is 1. The van der Waals surface area contributed by atoms with E-state index in [2.05, 4.69) is 0 Å². The van der Waals surface area contributed by atoms with E-state index < -0.39 is 22.9 Å². The van der Waals surface area contributed by atoms with Crippen LogP contribution in [0.3, 0.4) is 0 Å². The number of hydrogen-bond acceptors (Lipinski definition) is 3. The van der Waals surface area contributed by atoms with Gasteiger partial charge in [-0.3, -0.25) is 9.59 Å². The maximum Gasteiger partial charge on any atom is 0.322 e. The van der Waals surface area contributed by atoms with Crippen molar-refractivity contribution >= 4 is 11.9 Å². The van der Waals surface area contributed by atoms with E-state index in [1.54, 1.807) is 20.8 Å². The van der Waals surface area contributed by atoms with Crippen molar-refractivity contribution in [2.75, 3.05) is 0 Å². The van der Waals surface area contributed by atoms with Crippen LogP contribution in [-0.4, -0.2) is 17.5 Å². The SMILES string of the molecule is CC(C)(C)OC(=O)C1(C(N)=O)CCCCC1. The van der Waals surface area contributed by atoms with Crippen molar-refractivity contribution < 1.29 is 14.3 Å². The summed E-state index contributed by atoms with van der Waals surface area (Å²) in [6.07, 6.45) is 3.83. The zero-order valence-electron chi connectivity index (χ0n) is 10.3. The quantitative estimate of drug-likeness (QED) is 0.577. The summed E-state index contributed by atoms with van der Waals surface area (Å²) in [6.45, 7) is 5.38. The standard InChI is InChI=1S/C12H21NO3/c1-11(2,3)16-10(15)12(9(13)14)7-5-4-6-8-12/h4-8H2,1-3H3,(H2,13,14). The van der Waals surface area contributed by atoms with Crippen molar-refractivity contribution in [3.8, 4) is 0 Å². The monoisotopic (exact) mass is 227 g/mol. The van der Waals surface area contributed by atoms with Crippen LogP contribution in [0.5, 0.6) is 0 Å². The molecule has 0 spiro atoms. The van der Waals surface area contributed by atoms with E-state index in [-0.39, 0.29) is 0 Å². The van der Waals surface area contributed by atoms with Crippen LogP contribution in [0.1, 0.15) is 52.9 Å². The topological polar surface area (TPSA) is 69.4 Å². The van der Waals surface area contributed by atoms with E-state index in [4.69, 9.17) is 10.5 Å². The number of ether oxygens (including phenoxy) is 1. The van der Waals surface area contributed by atoms with Crippen LogP contribution in [0.2, 0.25) is 0 Å². The molecule has 0 aromatic heterocycles. The van der Waals surface area contributed by atoms with Crippen LogP contribution in [0.25, 0.3) is 0 Å². The van der Waals surface area contributed by atoms with E-state index >= 15 is 0 Å². The minimum absolute atomic E-state index is 0.452. The molecule has 0 saturated heterocycles. The molecule has 92 valence electrons. The van der Waals surface area contributed by atoms with E-state index in [0.717, 1.165) is 19.3 Å². The molecule has 1 saturated carbocycles. The number of rotatable bonds is 2. The third kappa shape index (κ3) is 2.74. The van der Waals surface area contributed by atoms with Gasteiger partial charge in [-0.15, -0.1) is 0 Å². The van der Waals surface area contributed by atoms with E-state index in [1.807, 2.05) is 0 Å². The van der Waals surface area contributed by atoms with Gasteiger partial charge in [-0.05, 0) is 33.6 Å². The fourth-order valence-electron chi connectivity index (χ4n) is 2.08. The molecule has 0 unspecified atom stereocenters. The van der Waals surface area contributed by atoms with Gasteiger partial charge >= 0.3 is 5.97 Å². The van der Waals surface area contributed by atoms with Gasteiger partial charge in [0, 0.05) is 0 Å². The number of nitrogens with two attached hydrogens (primary N) is 1. The Labute approximate surface area is 96.5 Å². The molecule has 0 aromatic rings. The first-order valence-corrected chi connectivity index (χ1v) is 5.81. The molecule has 16 heavy (non-hydrogen) atoms. The Bertz CT molecular complexity index is 285. The predicted molar refractivity (Wildman–Crippen MR) is 60.6 cm³/mol. The number of primary amides is 1. The first kappa shape index (κ1) is 13.0. The second-order valence-corrected chi connectivity index (χ2v) is 5.51. The van der Waals surface area contributed by atoms with Crippen molar-refractivity contribution in [3.63, 3.8) is 0 Å². The first-order valence-electron chi connectivity index (χ1n) is 5.81. The second kappa shape index (κ2) is 4.44. The van der Waals surface area contributed by atoms with E-state index in [9.17, 15) is 9.59 Å². The molecule has 0 heterocycles. The van der Waals surface area contributed by atoms with Gasteiger partial charge in [0.25, 0.3) is 0 Å². The van der Waals surface area contributed by atoms with Gasteiger partial charge in [0.2, 0.25) is 5.91 Å². The molecule has 4 nitrogen and oxygen atoms in total. The zero-order valence-corrected chi connectivity index (χ0v) is 10.3. The Balaban J connectivity index is 2.85. The number of carbonyl (C=O) groups is 2. The van der Waals surface area contributed by atoms with Crippen molar-refractivity contribution in [1.82, 2.24) is 0 Å². The average molecular weight is 227 g/mol. The fourth-order valence-corrected chi connectivity index (χ4v) is 2.08. The van der Waals surface area contributed by atoms with Gasteiger partial charge in [-0.1, -0.05) is 19.3 Å². The van der Waals surface area contributed by atoms with Crippen LogP contribution < -0.4 is 5.73 Å². The van der Waals surface area contributed by atoms with Gasteiger partial charge < -0.3 is 10.5 Å². The highest BCUT2D eigenvalue weighted by atomic mass is 16.6. The van der Waals surface area contributed by atoms with Crippen LogP contribution in [0.15, 0.2) is 0 Å². The molecule has 4 heteroatoms. The summed E-state index contributed by atoms with van der Waals surface area (Å²) in [7, 11) is 0. The van der Waals surface area contributed by atoms with Gasteiger partial charge in [-0.2, -0.15) is 0 Å². The maximum absolute atomic E-state index is 12.1. The molecule has 1 amide bonds. The summed E-state index contributed by atoms with van der Waals surface area (Å²) in [6, 6.07) is 0. The highest BCUT2D eigenvalue weighted by Crippen LogP contribution is 2.38. The van der Waals surface area contributed by atoms with Crippen LogP contribution in [0.4, 0.5) is 0 Å². The largest absolute Gasteiger partial charge is 0.459 e. The lowest BCUT2D eigenvalue weighted by Crippen LogP contribution is -2.48. The Hall–Kier alpha value is -1.06. The summed E-state index contributed by atoms with van der Waals surface area (Å²) in [4.78, 5) is 23.6. The lowest BCUT2D eigenvalue weighted by molar-refractivity contribution is -0.172. The number of hydrogen-bond donors (Lipinski definition) is 1. The molecule has 0 atom stereocenters. The molecule has 0 aromatic carbocycles. The molecule has 0 radical (unpaired) electrons. The lowest BCUT2D eigenvalue weighted by atomic mass is 9.73. The average Bonchev–Trinajstić information content (AvgIpc) is 2.16. The normalized spacial score (nSPS) is 20.2. The van der Waals surface area contributed by atoms with Crippen molar-refractivity contribution in [3.05, 3.63) is 0 Å². The molecule has 1 rings (SSSR count). The van der Waals surface area contributed by atoms with Gasteiger partial charge in [0.15, 0.2) is 0 Å². The smallest absolute Gasteiger partial charge is 0.322 e. The molecule has 2 N–H and O–H groups in total. The van der Waals surface area contributed by atoms with Gasteiger partial charge in [0.1, 0.15) is 11.0 Å². The molecule has 1 fully saturated rings. The third-order valence-electron chi connectivity index (χ3n) is 2.97. The number of amides is 1. The van der Waals surface area contributed by atoms with Crippen molar-refractivity contribution in [2.24, 2.45) is 11.1 Å². The first-order chi connectivity index (χ1) is 7.28. The van der Waals surface area contributed by atoms with Crippen LogP contribution >= 0.6 is 0 Å². The molecule has 1 aliphatic rings. The molecular weight excluding hydrogens is 206 g/mol. The zero-order chi connectivity index (χ0) is 12.4. The minimum Gasteiger partial charge on any atom is -0.459 e. The molecule has 1 aliphatic carbocycles. The van der Waals surface area contributed by atoms with Gasteiger partial charge in [-0.25, -0.2) is 0 Å². The second-order valence-electron chi connectivity index (χ2n) is 5.51. The van der Waals surface area contributed by atoms with Crippen LogP contribution in [0, 0.1) is 5.41 Å².